The molecule has 3 atom stereocenters. The lowest BCUT2D eigenvalue weighted by Gasteiger charge is -2.22. The molecule has 3 unspecified atom stereocenters. The molecule has 40 heavy (non-hydrogen) atoms. The number of amides is 1. The number of aliphatic hydroxyl groups is 2. The van der Waals surface area contributed by atoms with Crippen LogP contribution in [0.5, 0.6) is 0 Å². The van der Waals surface area contributed by atoms with Gasteiger partial charge in [0.15, 0.2) is 0 Å². The second-order valence-corrected chi connectivity index (χ2v) is 12.4. The Morgan fingerprint density at radius 1 is 0.675 bits per heavy atom. The van der Waals surface area contributed by atoms with Crippen LogP contribution in [-0.2, 0) is 14.9 Å². The van der Waals surface area contributed by atoms with Gasteiger partial charge in [0, 0.05) is 0 Å². The maximum absolute atomic E-state index is 12.4. The van der Waals surface area contributed by atoms with Crippen LogP contribution in [0.4, 0.5) is 0 Å². The minimum atomic E-state index is -4.45. The Bertz CT molecular complexity index is 793. The van der Waals surface area contributed by atoms with Gasteiger partial charge < -0.3 is 15.5 Å². The fourth-order valence-electron chi connectivity index (χ4n) is 4.41. The molecule has 0 aromatic heterocycles. The molecule has 0 saturated carbocycles. The molecule has 0 aliphatic rings. The van der Waals surface area contributed by atoms with Crippen LogP contribution < -0.4 is 5.32 Å². The maximum atomic E-state index is 12.4. The fraction of sp³-hybridized carbons (Fsp3) is 0.781. The van der Waals surface area contributed by atoms with Crippen molar-refractivity contribution in [3.8, 4) is 0 Å². The summed E-state index contributed by atoms with van der Waals surface area (Å²) in [6, 6.07) is -1.26. The van der Waals surface area contributed by atoms with Gasteiger partial charge in [-0.2, -0.15) is 8.42 Å². The molecule has 0 radical (unpaired) electrons. The van der Waals surface area contributed by atoms with E-state index in [9.17, 15) is 28.0 Å². The van der Waals surface area contributed by atoms with E-state index in [1.165, 1.54) is 83.1 Å². The standard InChI is InChI=1S/C32H59NO6S/c1-3-5-7-9-11-13-14-15-16-17-18-19-21-22-24-26-30(34)29(28-40(37,38)39)33-32(36)31(35)27-25-23-20-12-10-8-6-4-2/h18-20,23-24,26,29-31,34-35H,3-17,21-22,25,27-28H2,1-2H3,(H,33,36)(H,37,38,39)/b19-18+,23-20-,26-24+. The van der Waals surface area contributed by atoms with Gasteiger partial charge in [0.25, 0.3) is 10.1 Å². The molecule has 0 aliphatic carbocycles. The Labute approximate surface area is 245 Å². The fourth-order valence-corrected chi connectivity index (χ4v) is 5.15. The summed E-state index contributed by atoms with van der Waals surface area (Å²) in [5, 5.41) is 23.0. The normalized spacial score (nSPS) is 14.8. The van der Waals surface area contributed by atoms with Gasteiger partial charge in [0.2, 0.25) is 5.91 Å². The van der Waals surface area contributed by atoms with Crippen LogP contribution in [0.25, 0.3) is 0 Å². The van der Waals surface area contributed by atoms with Crippen molar-refractivity contribution in [3.05, 3.63) is 36.5 Å². The second-order valence-electron chi connectivity index (χ2n) is 10.9. The summed E-state index contributed by atoms with van der Waals surface area (Å²) in [4.78, 5) is 12.4. The highest BCUT2D eigenvalue weighted by Gasteiger charge is 2.27. The number of unbranched alkanes of at least 4 members (excludes halogenated alkanes) is 14. The third kappa shape index (κ3) is 25.5. The summed E-state index contributed by atoms with van der Waals surface area (Å²) in [6.07, 6.45) is 29.4. The van der Waals surface area contributed by atoms with Crippen LogP contribution in [0, 0.1) is 0 Å². The summed E-state index contributed by atoms with van der Waals surface area (Å²) in [5.41, 5.74) is 0. The number of carbonyl (C=O) groups excluding carboxylic acids is 1. The quantitative estimate of drug-likeness (QED) is 0.0459. The molecule has 0 aliphatic heterocycles. The van der Waals surface area contributed by atoms with Crippen molar-refractivity contribution in [2.24, 2.45) is 0 Å². The molecule has 0 fully saturated rings. The third-order valence-corrected chi connectivity index (χ3v) is 7.69. The molecule has 4 N–H and O–H groups in total. The van der Waals surface area contributed by atoms with Crippen molar-refractivity contribution in [1.82, 2.24) is 5.32 Å². The molecule has 0 rings (SSSR count). The van der Waals surface area contributed by atoms with E-state index in [0.717, 1.165) is 25.7 Å². The highest BCUT2D eigenvalue weighted by molar-refractivity contribution is 7.85. The van der Waals surface area contributed by atoms with Crippen molar-refractivity contribution in [3.63, 3.8) is 0 Å². The largest absolute Gasteiger partial charge is 0.387 e. The van der Waals surface area contributed by atoms with E-state index in [0.29, 0.717) is 12.8 Å². The Balaban J connectivity index is 4.32. The van der Waals surface area contributed by atoms with E-state index in [4.69, 9.17) is 0 Å². The van der Waals surface area contributed by atoms with Crippen LogP contribution in [-0.4, -0.2) is 53.1 Å². The van der Waals surface area contributed by atoms with Crippen molar-refractivity contribution in [2.75, 3.05) is 5.75 Å². The van der Waals surface area contributed by atoms with Crippen molar-refractivity contribution in [1.29, 1.82) is 0 Å². The zero-order valence-corrected chi connectivity index (χ0v) is 26.1. The van der Waals surface area contributed by atoms with E-state index in [-0.39, 0.29) is 6.42 Å². The average Bonchev–Trinajstić information content (AvgIpc) is 2.90. The van der Waals surface area contributed by atoms with E-state index in [1.54, 1.807) is 6.08 Å². The van der Waals surface area contributed by atoms with Crippen LogP contribution in [0.2, 0.25) is 0 Å². The molecule has 0 heterocycles. The van der Waals surface area contributed by atoms with Crippen molar-refractivity contribution < 1.29 is 28.0 Å². The molecule has 0 bridgehead atoms. The number of allylic oxidation sites excluding steroid dienone is 5. The van der Waals surface area contributed by atoms with Crippen LogP contribution in [0.3, 0.4) is 0 Å². The molecular formula is C32H59NO6S. The summed E-state index contributed by atoms with van der Waals surface area (Å²) in [6.45, 7) is 4.40. The minimum absolute atomic E-state index is 0.188. The van der Waals surface area contributed by atoms with Crippen LogP contribution in [0.1, 0.15) is 136 Å². The average molecular weight is 586 g/mol. The SMILES string of the molecule is CCCCCC/C=C\CCC(O)C(=O)NC(CS(=O)(=O)O)C(O)/C=C/CC/C=C/CCCCCCCCCCC. The summed E-state index contributed by atoms with van der Waals surface area (Å²) in [5.74, 6) is -1.61. The molecule has 8 heteroatoms. The van der Waals surface area contributed by atoms with Crippen molar-refractivity contribution in [2.45, 2.75) is 154 Å². The van der Waals surface area contributed by atoms with Gasteiger partial charge in [-0.25, -0.2) is 0 Å². The molecule has 0 spiro atoms. The maximum Gasteiger partial charge on any atom is 0.267 e. The van der Waals surface area contributed by atoms with Gasteiger partial charge in [-0.05, 0) is 51.4 Å². The molecule has 7 nitrogen and oxygen atoms in total. The van der Waals surface area contributed by atoms with Gasteiger partial charge in [0.1, 0.15) is 6.10 Å². The van der Waals surface area contributed by atoms with Crippen LogP contribution >= 0.6 is 0 Å². The first-order valence-electron chi connectivity index (χ1n) is 15.8. The third-order valence-electron chi connectivity index (χ3n) is 6.90. The lowest BCUT2D eigenvalue weighted by Crippen LogP contribution is -2.50. The van der Waals surface area contributed by atoms with E-state index < -0.39 is 40.0 Å². The second kappa shape index (κ2) is 26.4. The predicted molar refractivity (Wildman–Crippen MR) is 167 cm³/mol. The Morgan fingerprint density at radius 3 is 1.68 bits per heavy atom. The minimum Gasteiger partial charge on any atom is -0.387 e. The van der Waals surface area contributed by atoms with Gasteiger partial charge in [-0.15, -0.1) is 0 Å². The predicted octanol–water partition coefficient (Wildman–Crippen LogP) is 7.20. The van der Waals surface area contributed by atoms with Gasteiger partial charge in [0.05, 0.1) is 17.9 Å². The Morgan fingerprint density at radius 2 is 1.12 bits per heavy atom. The number of nitrogens with one attached hydrogen (secondary N) is 1. The summed E-state index contributed by atoms with van der Waals surface area (Å²) in [7, 11) is -4.45. The summed E-state index contributed by atoms with van der Waals surface area (Å²) >= 11 is 0. The number of carbonyl (C=O) groups is 1. The zero-order chi connectivity index (χ0) is 29.9. The van der Waals surface area contributed by atoms with E-state index in [2.05, 4.69) is 31.3 Å². The van der Waals surface area contributed by atoms with Crippen molar-refractivity contribution >= 4 is 16.0 Å². The number of hydrogen-bond acceptors (Lipinski definition) is 5. The highest BCUT2D eigenvalue weighted by Crippen LogP contribution is 2.11. The number of aliphatic hydroxyl groups excluding tert-OH is 2. The molecule has 1 amide bonds. The first kappa shape index (κ1) is 38.5. The first-order valence-corrected chi connectivity index (χ1v) is 17.4. The van der Waals surface area contributed by atoms with Gasteiger partial charge >= 0.3 is 0 Å². The van der Waals surface area contributed by atoms with E-state index in [1.807, 2.05) is 12.2 Å². The number of rotatable bonds is 27. The Hall–Kier alpha value is -1.48. The Kier molecular flexibility index (Phi) is 25.4. The van der Waals surface area contributed by atoms with Gasteiger partial charge in [-0.3, -0.25) is 9.35 Å². The lowest BCUT2D eigenvalue weighted by atomic mass is 10.1. The van der Waals surface area contributed by atoms with E-state index >= 15 is 0 Å². The monoisotopic (exact) mass is 585 g/mol. The number of hydrogen-bond donors (Lipinski definition) is 4. The molecular weight excluding hydrogens is 526 g/mol. The lowest BCUT2D eigenvalue weighted by molar-refractivity contribution is -0.130. The van der Waals surface area contributed by atoms with Gasteiger partial charge in [-0.1, -0.05) is 121 Å². The smallest absolute Gasteiger partial charge is 0.267 e. The zero-order valence-electron chi connectivity index (χ0n) is 25.3. The first-order chi connectivity index (χ1) is 19.2. The molecule has 0 aromatic carbocycles. The molecule has 234 valence electrons. The molecule has 0 saturated heterocycles. The summed E-state index contributed by atoms with van der Waals surface area (Å²) < 4.78 is 32.1. The topological polar surface area (TPSA) is 124 Å². The van der Waals surface area contributed by atoms with Crippen LogP contribution in [0.15, 0.2) is 36.5 Å². The molecule has 0 aromatic rings. The highest BCUT2D eigenvalue weighted by atomic mass is 32.2.